The first-order valence-corrected chi connectivity index (χ1v) is 17.7. The Bertz CT molecular complexity index is 2190. The van der Waals surface area contributed by atoms with Crippen molar-refractivity contribution in [1.29, 1.82) is 0 Å². The van der Waals surface area contributed by atoms with E-state index in [0.717, 1.165) is 33.4 Å². The molecule has 1 fully saturated rings. The van der Waals surface area contributed by atoms with Crippen LogP contribution in [0.15, 0.2) is 96.1 Å². The molecule has 1 aliphatic carbocycles. The van der Waals surface area contributed by atoms with E-state index in [1.165, 1.54) is 54.2 Å². The molecule has 6 heteroatoms. The average Bonchev–Trinajstić information content (AvgIpc) is 3.68. The maximum Gasteiger partial charge on any atom is 2.00 e. The molecule has 0 spiro atoms. The van der Waals surface area contributed by atoms with Crippen molar-refractivity contribution in [2.45, 2.75) is 84.3 Å². The Morgan fingerprint density at radius 2 is 1.60 bits per heavy atom. The molecule has 2 atom stereocenters. The summed E-state index contributed by atoms with van der Waals surface area (Å²) >= 11 is 0. The van der Waals surface area contributed by atoms with Crippen LogP contribution in [0.3, 0.4) is 0 Å². The van der Waals surface area contributed by atoms with Gasteiger partial charge in [0.25, 0.3) is 0 Å². The zero-order valence-electron chi connectivity index (χ0n) is 29.4. The molecule has 0 N–H and O–H groups in total. The number of hydrogen-bond acceptors (Lipinski definition) is 4. The van der Waals surface area contributed by atoms with Gasteiger partial charge in [-0.05, 0) is 65.8 Å². The van der Waals surface area contributed by atoms with E-state index < -0.39 is 0 Å². The van der Waals surface area contributed by atoms with Crippen molar-refractivity contribution in [1.82, 2.24) is 9.55 Å². The summed E-state index contributed by atoms with van der Waals surface area (Å²) in [5, 5.41) is 2.28. The number of pyridine rings is 1. The maximum atomic E-state index is 6.70. The van der Waals surface area contributed by atoms with Crippen LogP contribution in [0.2, 0.25) is 0 Å². The smallest absolute Gasteiger partial charge is 0.510 e. The monoisotopic (exact) mass is 840 g/mol. The van der Waals surface area contributed by atoms with Crippen LogP contribution in [0.5, 0.6) is 11.5 Å². The SMILES string of the molecule is Cc1cc(Oc2[c-]c3c(cc2)c2cc(C)ccc2n3-c2cc(C(C)(C)C)ccn2)[c-]c(C2=N[C@H](C3CCCCC3)[C@@H](c3ccccc3)O2)c1.[Pt+2]. The van der Waals surface area contributed by atoms with Gasteiger partial charge in [0.05, 0.1) is 6.04 Å². The van der Waals surface area contributed by atoms with Gasteiger partial charge in [0.2, 0.25) is 0 Å². The van der Waals surface area contributed by atoms with Gasteiger partial charge in [0.15, 0.2) is 0 Å². The van der Waals surface area contributed by atoms with Gasteiger partial charge < -0.3 is 14.0 Å². The van der Waals surface area contributed by atoms with E-state index in [1.54, 1.807) is 0 Å². The Morgan fingerprint density at radius 3 is 2.38 bits per heavy atom. The van der Waals surface area contributed by atoms with Crippen LogP contribution < -0.4 is 4.74 Å². The van der Waals surface area contributed by atoms with E-state index in [4.69, 9.17) is 19.5 Å². The molecule has 2 aliphatic rings. The minimum atomic E-state index is -0.0933. The number of aliphatic imine (C=N–C) groups is 1. The van der Waals surface area contributed by atoms with Crippen molar-refractivity contribution in [2.24, 2.45) is 10.9 Å². The van der Waals surface area contributed by atoms with Gasteiger partial charge in [0.1, 0.15) is 17.8 Å². The molecule has 1 saturated carbocycles. The summed E-state index contributed by atoms with van der Waals surface area (Å²) < 4.78 is 15.5. The number of rotatable bonds is 6. The quantitative estimate of drug-likeness (QED) is 0.157. The van der Waals surface area contributed by atoms with Crippen molar-refractivity contribution in [3.8, 4) is 17.3 Å². The van der Waals surface area contributed by atoms with Gasteiger partial charge in [-0.25, -0.2) is 4.98 Å². The summed E-state index contributed by atoms with van der Waals surface area (Å²) in [6, 6.07) is 36.9. The van der Waals surface area contributed by atoms with Crippen molar-refractivity contribution >= 4 is 27.7 Å². The molecule has 0 radical (unpaired) electrons. The molecule has 0 saturated heterocycles. The maximum absolute atomic E-state index is 6.70. The number of nitrogens with zero attached hydrogens (tertiary/aromatic N) is 3. The van der Waals surface area contributed by atoms with E-state index in [1.807, 2.05) is 18.3 Å². The molecule has 8 rings (SSSR count). The van der Waals surface area contributed by atoms with Gasteiger partial charge in [-0.2, -0.15) is 6.07 Å². The number of hydrogen-bond donors (Lipinski definition) is 0. The van der Waals surface area contributed by atoms with Crippen LogP contribution in [0.1, 0.15) is 86.8 Å². The fourth-order valence-electron chi connectivity index (χ4n) is 7.61. The standard InChI is InChI=1S/C44H43N3O2.Pt/c1-28-16-19-38-37(24-28)36-18-17-34(27-39(36)47(38)40-26-33(20-21-45-40)44(3,4)5)48-35-23-29(2)22-32(25-35)43-46-41(30-12-8-6-9-13-30)42(49-43)31-14-10-7-11-15-31;/h7,10-11,14-24,26,30,41-42H,6,8-9,12-13H2,1-5H3;/q-2;+2/t41-,42-;/m1./s1. The molecular weight excluding hydrogens is 798 g/mol. The minimum Gasteiger partial charge on any atom is -0.510 e. The summed E-state index contributed by atoms with van der Waals surface area (Å²) in [5.74, 6) is 3.27. The Balaban J connectivity index is 0.00000392. The van der Waals surface area contributed by atoms with Gasteiger partial charge in [-0.1, -0.05) is 118 Å². The number of aromatic nitrogens is 2. The first-order valence-electron chi connectivity index (χ1n) is 17.7. The molecule has 2 aromatic heterocycles. The average molecular weight is 841 g/mol. The van der Waals surface area contributed by atoms with Gasteiger partial charge >= 0.3 is 21.1 Å². The number of aryl methyl sites for hydroxylation is 2. The molecule has 0 unspecified atom stereocenters. The van der Waals surface area contributed by atoms with E-state index in [-0.39, 0.29) is 38.6 Å². The van der Waals surface area contributed by atoms with Crippen LogP contribution >= 0.6 is 0 Å². The molecule has 4 aromatic carbocycles. The molecule has 256 valence electrons. The van der Waals surface area contributed by atoms with E-state index in [2.05, 4.69) is 124 Å². The first-order chi connectivity index (χ1) is 23.7. The van der Waals surface area contributed by atoms with Crippen LogP contribution in [0.25, 0.3) is 27.6 Å². The third kappa shape index (κ3) is 6.65. The Labute approximate surface area is 310 Å². The normalized spacial score (nSPS) is 18.1. The summed E-state index contributed by atoms with van der Waals surface area (Å²) in [7, 11) is 0. The van der Waals surface area contributed by atoms with E-state index >= 15 is 0 Å². The fourth-order valence-corrected chi connectivity index (χ4v) is 7.61. The number of ether oxygens (including phenoxy) is 2. The van der Waals surface area contributed by atoms with Crippen LogP contribution in [0, 0.1) is 31.9 Å². The zero-order valence-corrected chi connectivity index (χ0v) is 31.7. The predicted octanol–water partition coefficient (Wildman–Crippen LogP) is 11.0. The van der Waals surface area contributed by atoms with Crippen LogP contribution in [-0.4, -0.2) is 21.5 Å². The molecule has 5 nitrogen and oxygen atoms in total. The number of benzene rings is 4. The fraction of sp³-hybridized carbons (Fsp3) is 0.318. The molecule has 1 aliphatic heterocycles. The molecule has 50 heavy (non-hydrogen) atoms. The first kappa shape index (κ1) is 34.2. The molecule has 0 bridgehead atoms. The Kier molecular flexibility index (Phi) is 9.48. The van der Waals surface area contributed by atoms with Crippen LogP contribution in [-0.2, 0) is 31.2 Å². The van der Waals surface area contributed by atoms with Gasteiger partial charge in [-0.3, -0.25) is 4.99 Å². The van der Waals surface area contributed by atoms with Gasteiger partial charge in [0, 0.05) is 23.2 Å². The summed E-state index contributed by atoms with van der Waals surface area (Å²) in [4.78, 5) is 10.1. The van der Waals surface area contributed by atoms with Crippen LogP contribution in [0.4, 0.5) is 0 Å². The molecule has 0 amide bonds. The van der Waals surface area contributed by atoms with E-state index in [0.29, 0.717) is 23.3 Å². The number of fused-ring (bicyclic) bond motifs is 3. The molecular formula is C44H43N3O2Pt. The summed E-state index contributed by atoms with van der Waals surface area (Å²) in [6.07, 6.45) is 8.05. The van der Waals surface area contributed by atoms with Crippen molar-refractivity contribution in [3.05, 3.63) is 131 Å². The second-order valence-corrected chi connectivity index (χ2v) is 14.9. The largest absolute Gasteiger partial charge is 2.00 e. The molecule has 6 aromatic rings. The second-order valence-electron chi connectivity index (χ2n) is 14.9. The van der Waals surface area contributed by atoms with Crippen molar-refractivity contribution in [3.63, 3.8) is 0 Å². The topological polar surface area (TPSA) is 48.6 Å². The predicted molar refractivity (Wildman–Crippen MR) is 198 cm³/mol. The Morgan fingerprint density at radius 1 is 0.800 bits per heavy atom. The minimum absolute atomic E-state index is 0. The zero-order chi connectivity index (χ0) is 33.7. The summed E-state index contributed by atoms with van der Waals surface area (Å²) in [6.45, 7) is 10.9. The molecule has 3 heterocycles. The second kappa shape index (κ2) is 13.8. The Hall–Kier alpha value is -4.21. The van der Waals surface area contributed by atoms with Crippen molar-refractivity contribution in [2.75, 3.05) is 0 Å². The third-order valence-corrected chi connectivity index (χ3v) is 10.2. The summed E-state index contributed by atoms with van der Waals surface area (Å²) in [5.41, 5.74) is 7.51. The van der Waals surface area contributed by atoms with Crippen molar-refractivity contribution < 1.29 is 30.5 Å². The van der Waals surface area contributed by atoms with Gasteiger partial charge in [-0.15, -0.1) is 29.1 Å². The third-order valence-electron chi connectivity index (χ3n) is 10.2. The van der Waals surface area contributed by atoms with E-state index in [9.17, 15) is 0 Å².